The van der Waals surface area contributed by atoms with Crippen molar-refractivity contribution in [3.05, 3.63) is 16.3 Å². The Labute approximate surface area is 109 Å². The third-order valence-electron chi connectivity index (χ3n) is 2.77. The molecule has 0 aliphatic heterocycles. The first kappa shape index (κ1) is 12.8. The lowest BCUT2D eigenvalue weighted by molar-refractivity contribution is -0.138. The monoisotopic (exact) mass is 265 g/mol. The molecule has 0 spiro atoms. The van der Waals surface area contributed by atoms with Crippen molar-refractivity contribution >= 4 is 33.3 Å². The fraction of sp³-hybridized carbons (Fsp3) is 0.417. The van der Waals surface area contributed by atoms with Gasteiger partial charge in [0.1, 0.15) is 23.0 Å². The topological polar surface area (TPSA) is 64.1 Å². The molecule has 2 aromatic rings. The summed E-state index contributed by atoms with van der Waals surface area (Å²) < 4.78 is 4.61. The van der Waals surface area contributed by atoms with Gasteiger partial charge in [-0.05, 0) is 26.3 Å². The number of methoxy groups -OCH3 is 1. The molecular weight excluding hydrogens is 250 g/mol. The lowest BCUT2D eigenvalue weighted by Gasteiger charge is -2.07. The van der Waals surface area contributed by atoms with Gasteiger partial charge in [-0.15, -0.1) is 11.3 Å². The van der Waals surface area contributed by atoms with Gasteiger partial charge < -0.3 is 10.1 Å². The Kier molecular flexibility index (Phi) is 3.47. The van der Waals surface area contributed by atoms with Crippen molar-refractivity contribution in [2.24, 2.45) is 0 Å². The Morgan fingerprint density at radius 2 is 2.06 bits per heavy atom. The molecule has 0 aliphatic rings. The number of aromatic nitrogens is 2. The van der Waals surface area contributed by atoms with Crippen molar-refractivity contribution in [1.29, 1.82) is 0 Å². The molecule has 1 N–H and O–H groups in total. The standard InChI is InChI=1S/C12H15N3O2S/c1-6-7(2)18-12-10(6)11(14-8(3)15-12)13-5-9(16)17-4/h5H2,1-4H3,(H,13,14,15). The van der Waals surface area contributed by atoms with E-state index in [1.54, 1.807) is 11.3 Å². The lowest BCUT2D eigenvalue weighted by Crippen LogP contribution is -2.16. The van der Waals surface area contributed by atoms with Crippen molar-refractivity contribution in [3.8, 4) is 0 Å². The van der Waals surface area contributed by atoms with E-state index in [0.29, 0.717) is 11.6 Å². The number of nitrogens with one attached hydrogen (secondary N) is 1. The number of hydrogen-bond acceptors (Lipinski definition) is 6. The minimum atomic E-state index is -0.316. The Bertz CT molecular complexity index is 607. The van der Waals surface area contributed by atoms with Gasteiger partial charge in [0.15, 0.2) is 0 Å². The van der Waals surface area contributed by atoms with Crippen LogP contribution in [-0.2, 0) is 9.53 Å². The predicted molar refractivity (Wildman–Crippen MR) is 72.1 cm³/mol. The Morgan fingerprint density at radius 1 is 1.33 bits per heavy atom. The summed E-state index contributed by atoms with van der Waals surface area (Å²) in [7, 11) is 1.37. The number of rotatable bonds is 3. The second-order valence-corrected chi connectivity index (χ2v) is 5.22. The number of nitrogens with zero attached hydrogens (tertiary/aromatic N) is 2. The lowest BCUT2D eigenvalue weighted by atomic mass is 10.2. The van der Waals surface area contributed by atoms with E-state index in [9.17, 15) is 4.79 Å². The molecule has 18 heavy (non-hydrogen) atoms. The molecule has 0 amide bonds. The van der Waals surface area contributed by atoms with Gasteiger partial charge in [0.25, 0.3) is 0 Å². The zero-order valence-corrected chi connectivity index (χ0v) is 11.6. The Morgan fingerprint density at radius 3 is 2.72 bits per heavy atom. The summed E-state index contributed by atoms with van der Waals surface area (Å²) in [6.45, 7) is 6.04. The SMILES string of the molecule is COC(=O)CNc1nc(C)nc2sc(C)c(C)c12. The van der Waals surface area contributed by atoms with E-state index in [1.165, 1.54) is 12.0 Å². The maximum absolute atomic E-state index is 11.2. The summed E-state index contributed by atoms with van der Waals surface area (Å²) >= 11 is 1.64. The van der Waals surface area contributed by atoms with Gasteiger partial charge in [-0.3, -0.25) is 4.79 Å². The highest BCUT2D eigenvalue weighted by molar-refractivity contribution is 7.18. The zero-order valence-electron chi connectivity index (χ0n) is 10.8. The average Bonchev–Trinajstić information content (AvgIpc) is 2.61. The van der Waals surface area contributed by atoms with Crippen LogP contribution >= 0.6 is 11.3 Å². The van der Waals surface area contributed by atoms with Crippen molar-refractivity contribution in [1.82, 2.24) is 9.97 Å². The third kappa shape index (κ3) is 2.28. The summed E-state index contributed by atoms with van der Waals surface area (Å²) in [6.07, 6.45) is 0. The average molecular weight is 265 g/mol. The van der Waals surface area contributed by atoms with Gasteiger partial charge in [-0.2, -0.15) is 0 Å². The molecule has 0 aromatic carbocycles. The van der Waals surface area contributed by atoms with Crippen LogP contribution in [0.1, 0.15) is 16.3 Å². The molecule has 5 nitrogen and oxygen atoms in total. The molecule has 0 unspecified atom stereocenters. The molecule has 2 heterocycles. The highest BCUT2D eigenvalue weighted by Gasteiger charge is 2.13. The summed E-state index contributed by atoms with van der Waals surface area (Å²) in [5.41, 5.74) is 1.15. The molecule has 6 heteroatoms. The van der Waals surface area contributed by atoms with Crippen LogP contribution in [0.15, 0.2) is 0 Å². The highest BCUT2D eigenvalue weighted by Crippen LogP contribution is 2.32. The number of esters is 1. The van der Waals surface area contributed by atoms with Crippen LogP contribution in [0.25, 0.3) is 10.2 Å². The van der Waals surface area contributed by atoms with Crippen molar-refractivity contribution in [2.45, 2.75) is 20.8 Å². The van der Waals surface area contributed by atoms with Crippen molar-refractivity contribution in [2.75, 3.05) is 19.0 Å². The first-order valence-corrected chi connectivity index (χ1v) is 6.39. The van der Waals surface area contributed by atoms with Crippen LogP contribution in [-0.4, -0.2) is 29.6 Å². The van der Waals surface area contributed by atoms with Gasteiger partial charge >= 0.3 is 5.97 Å². The molecule has 0 saturated carbocycles. The molecule has 2 rings (SSSR count). The molecule has 96 valence electrons. The first-order valence-electron chi connectivity index (χ1n) is 5.58. The molecule has 0 aliphatic carbocycles. The number of fused-ring (bicyclic) bond motifs is 1. The summed E-state index contributed by atoms with van der Waals surface area (Å²) in [6, 6.07) is 0. The van der Waals surface area contributed by atoms with Crippen LogP contribution in [0.3, 0.4) is 0 Å². The number of carbonyl (C=O) groups excluding carboxylic acids is 1. The van der Waals surface area contributed by atoms with Gasteiger partial charge in [-0.1, -0.05) is 0 Å². The number of ether oxygens (including phenoxy) is 1. The Hall–Kier alpha value is -1.69. The second kappa shape index (κ2) is 4.89. The fourth-order valence-electron chi connectivity index (χ4n) is 1.71. The minimum Gasteiger partial charge on any atom is -0.468 e. The number of anilines is 1. The van der Waals surface area contributed by atoms with E-state index in [4.69, 9.17) is 0 Å². The van der Waals surface area contributed by atoms with Gasteiger partial charge in [0.05, 0.1) is 12.5 Å². The van der Waals surface area contributed by atoms with Gasteiger partial charge in [0, 0.05) is 4.88 Å². The second-order valence-electron chi connectivity index (χ2n) is 4.01. The molecule has 0 saturated heterocycles. The number of aryl methyl sites for hydroxylation is 3. The highest BCUT2D eigenvalue weighted by atomic mass is 32.1. The summed E-state index contributed by atoms with van der Waals surface area (Å²) in [5.74, 6) is 1.07. The predicted octanol–water partition coefficient (Wildman–Crippen LogP) is 2.20. The largest absolute Gasteiger partial charge is 0.468 e. The van der Waals surface area contributed by atoms with E-state index in [-0.39, 0.29) is 12.5 Å². The molecule has 0 fully saturated rings. The maximum atomic E-state index is 11.2. The van der Waals surface area contributed by atoms with Crippen molar-refractivity contribution < 1.29 is 9.53 Å². The van der Waals surface area contributed by atoms with Crippen molar-refractivity contribution in [3.63, 3.8) is 0 Å². The molecule has 0 radical (unpaired) electrons. The summed E-state index contributed by atoms with van der Waals surface area (Å²) in [5, 5.41) is 4.01. The number of carbonyl (C=O) groups is 1. The van der Waals surface area contributed by atoms with Crippen LogP contribution < -0.4 is 5.32 Å². The van der Waals surface area contributed by atoms with E-state index in [1.807, 2.05) is 13.8 Å². The van der Waals surface area contributed by atoms with Crippen LogP contribution in [0, 0.1) is 20.8 Å². The quantitative estimate of drug-likeness (QED) is 0.862. The third-order valence-corrected chi connectivity index (χ3v) is 3.87. The normalized spacial score (nSPS) is 10.7. The molecule has 2 aromatic heterocycles. The number of hydrogen-bond donors (Lipinski definition) is 1. The summed E-state index contributed by atoms with van der Waals surface area (Å²) in [4.78, 5) is 22.1. The van der Waals surface area contributed by atoms with E-state index < -0.39 is 0 Å². The maximum Gasteiger partial charge on any atom is 0.325 e. The minimum absolute atomic E-state index is 0.108. The first-order chi connectivity index (χ1) is 8.52. The Balaban J connectivity index is 2.45. The molecular formula is C12H15N3O2S. The van der Waals surface area contributed by atoms with Crippen LogP contribution in [0.5, 0.6) is 0 Å². The van der Waals surface area contributed by atoms with E-state index in [0.717, 1.165) is 15.8 Å². The van der Waals surface area contributed by atoms with E-state index >= 15 is 0 Å². The number of thiophene rings is 1. The fourth-order valence-corrected chi connectivity index (χ4v) is 2.79. The molecule has 0 atom stereocenters. The van der Waals surface area contributed by atoms with Crippen LogP contribution in [0.2, 0.25) is 0 Å². The van der Waals surface area contributed by atoms with Gasteiger partial charge in [0.2, 0.25) is 0 Å². The van der Waals surface area contributed by atoms with Gasteiger partial charge in [-0.25, -0.2) is 9.97 Å². The van der Waals surface area contributed by atoms with Crippen LogP contribution in [0.4, 0.5) is 5.82 Å². The smallest absolute Gasteiger partial charge is 0.325 e. The zero-order chi connectivity index (χ0) is 13.3. The molecule has 0 bridgehead atoms. The van der Waals surface area contributed by atoms with E-state index in [2.05, 4.69) is 26.9 Å².